The van der Waals surface area contributed by atoms with Gasteiger partial charge < -0.3 is 4.90 Å². The quantitative estimate of drug-likeness (QED) is 0.895. The molecule has 1 atom stereocenters. The number of hydrogen-bond acceptors (Lipinski definition) is 3. The molecule has 1 aromatic carbocycles. The molecule has 23 heavy (non-hydrogen) atoms. The van der Waals surface area contributed by atoms with Crippen LogP contribution in [0.15, 0.2) is 24.3 Å². The number of benzene rings is 1. The Hall–Kier alpha value is -1.40. The Morgan fingerprint density at radius 3 is 2.57 bits per heavy atom. The van der Waals surface area contributed by atoms with Gasteiger partial charge in [0.1, 0.15) is 0 Å². The normalized spacial score (nSPS) is 19.1. The molecule has 2 rings (SSSR count). The summed E-state index contributed by atoms with van der Waals surface area (Å²) >= 11 is 0. The van der Waals surface area contributed by atoms with Crippen molar-refractivity contribution in [2.24, 2.45) is 5.92 Å². The summed E-state index contributed by atoms with van der Waals surface area (Å²) in [5.74, 6) is 0.202. The molecule has 0 radical (unpaired) electrons. The first-order chi connectivity index (χ1) is 10.8. The molecule has 0 unspecified atom stereocenters. The molecular weight excluding hydrogens is 312 g/mol. The number of nitrogens with one attached hydrogen (secondary N) is 1. The van der Waals surface area contributed by atoms with Crippen molar-refractivity contribution in [3.05, 3.63) is 35.4 Å². The number of sulfonamides is 1. The highest BCUT2D eigenvalue weighted by Crippen LogP contribution is 2.19. The van der Waals surface area contributed by atoms with Gasteiger partial charge in [0.15, 0.2) is 0 Å². The number of hydrogen-bond donors (Lipinski definition) is 1. The molecule has 1 heterocycles. The van der Waals surface area contributed by atoms with Gasteiger partial charge in [0, 0.05) is 25.2 Å². The predicted molar refractivity (Wildman–Crippen MR) is 91.9 cm³/mol. The largest absolute Gasteiger partial charge is 0.338 e. The van der Waals surface area contributed by atoms with Gasteiger partial charge in [0.2, 0.25) is 10.0 Å². The summed E-state index contributed by atoms with van der Waals surface area (Å²) in [6, 6.07) is 7.57. The van der Waals surface area contributed by atoms with Crippen LogP contribution in [-0.2, 0) is 10.0 Å². The predicted octanol–water partition coefficient (Wildman–Crippen LogP) is 2.18. The maximum Gasteiger partial charge on any atom is 0.253 e. The third kappa shape index (κ3) is 4.78. The fourth-order valence-corrected chi connectivity index (χ4v) is 3.50. The lowest BCUT2D eigenvalue weighted by molar-refractivity contribution is 0.0676. The molecule has 5 nitrogen and oxygen atoms in total. The molecule has 0 aromatic heterocycles. The van der Waals surface area contributed by atoms with Gasteiger partial charge in [-0.25, -0.2) is 13.1 Å². The van der Waals surface area contributed by atoms with Crippen molar-refractivity contribution in [2.45, 2.75) is 38.9 Å². The lowest BCUT2D eigenvalue weighted by Gasteiger charge is -2.33. The van der Waals surface area contributed by atoms with Crippen LogP contribution in [0.1, 0.15) is 42.6 Å². The minimum absolute atomic E-state index is 0.0291. The molecule has 0 bridgehead atoms. The Balaban J connectivity index is 1.95. The average Bonchev–Trinajstić information content (AvgIpc) is 2.53. The molecule has 0 spiro atoms. The Bertz CT molecular complexity index is 638. The highest BCUT2D eigenvalue weighted by Gasteiger charge is 2.26. The van der Waals surface area contributed by atoms with Crippen LogP contribution in [0.5, 0.6) is 0 Å². The molecule has 6 heteroatoms. The summed E-state index contributed by atoms with van der Waals surface area (Å²) in [4.78, 5) is 14.4. The molecule has 1 amide bonds. The number of carbonyl (C=O) groups excluding carboxylic acids is 1. The van der Waals surface area contributed by atoms with Crippen molar-refractivity contribution in [3.63, 3.8) is 0 Å². The number of likely N-dealkylation sites (tertiary alicyclic amines) is 1. The fraction of sp³-hybridized carbons (Fsp3) is 0.588. The Kier molecular flexibility index (Phi) is 5.81. The average molecular weight is 338 g/mol. The molecule has 1 aromatic rings. The first-order valence-corrected chi connectivity index (χ1v) is 9.68. The van der Waals surface area contributed by atoms with E-state index >= 15 is 0 Å². The van der Waals surface area contributed by atoms with Crippen LogP contribution in [0.2, 0.25) is 0 Å². The maximum atomic E-state index is 12.6. The van der Waals surface area contributed by atoms with E-state index in [4.69, 9.17) is 0 Å². The second-order valence-electron chi connectivity index (χ2n) is 6.57. The zero-order valence-electron chi connectivity index (χ0n) is 14.1. The number of nitrogens with zero attached hydrogens (tertiary/aromatic N) is 1. The van der Waals surface area contributed by atoms with E-state index in [0.717, 1.165) is 24.9 Å². The number of piperidine rings is 1. The van der Waals surface area contributed by atoms with Crippen molar-refractivity contribution in [2.75, 3.05) is 19.6 Å². The van der Waals surface area contributed by atoms with E-state index in [2.05, 4.69) is 4.72 Å². The summed E-state index contributed by atoms with van der Waals surface area (Å²) in [5, 5.41) is -0.434. The fourth-order valence-electron chi connectivity index (χ4n) is 2.70. The van der Waals surface area contributed by atoms with E-state index in [9.17, 15) is 13.2 Å². The summed E-state index contributed by atoms with van der Waals surface area (Å²) < 4.78 is 26.4. The number of aryl methyl sites for hydroxylation is 1. The van der Waals surface area contributed by atoms with E-state index in [0.29, 0.717) is 18.7 Å². The first-order valence-electron chi connectivity index (χ1n) is 8.14. The first kappa shape index (κ1) is 17.9. The topological polar surface area (TPSA) is 66.5 Å². The van der Waals surface area contributed by atoms with Crippen molar-refractivity contribution in [1.29, 1.82) is 0 Å². The van der Waals surface area contributed by atoms with Gasteiger partial charge in [0.05, 0.1) is 5.25 Å². The standard InChI is InChI=1S/C17H26N2O3S/c1-13(2)23(21,22)18-11-15-5-4-10-19(12-15)17(20)16-8-6-14(3)7-9-16/h6-9,13,15,18H,4-5,10-12H2,1-3H3/t15-/m1/s1. The summed E-state index contributed by atoms with van der Waals surface area (Å²) in [6.45, 7) is 7.06. The molecule has 1 saturated heterocycles. The van der Waals surface area contributed by atoms with Crippen LogP contribution in [-0.4, -0.2) is 44.1 Å². The third-order valence-corrected chi connectivity index (χ3v) is 6.11. The van der Waals surface area contributed by atoms with E-state index in [1.165, 1.54) is 0 Å². The van der Waals surface area contributed by atoms with Crippen LogP contribution < -0.4 is 4.72 Å². The van der Waals surface area contributed by atoms with Gasteiger partial charge in [-0.3, -0.25) is 4.79 Å². The van der Waals surface area contributed by atoms with Crippen LogP contribution in [0.25, 0.3) is 0 Å². The summed E-state index contributed by atoms with van der Waals surface area (Å²) in [5.41, 5.74) is 1.82. The lowest BCUT2D eigenvalue weighted by atomic mass is 9.97. The van der Waals surface area contributed by atoms with E-state index in [-0.39, 0.29) is 11.8 Å². The van der Waals surface area contributed by atoms with Gasteiger partial charge in [0.25, 0.3) is 5.91 Å². The third-order valence-electron chi connectivity index (χ3n) is 4.30. The van der Waals surface area contributed by atoms with Gasteiger partial charge in [-0.05, 0) is 51.7 Å². The molecule has 128 valence electrons. The van der Waals surface area contributed by atoms with Crippen LogP contribution in [0.3, 0.4) is 0 Å². The van der Waals surface area contributed by atoms with Gasteiger partial charge in [-0.15, -0.1) is 0 Å². The maximum absolute atomic E-state index is 12.6. The lowest BCUT2D eigenvalue weighted by Crippen LogP contribution is -2.44. The van der Waals surface area contributed by atoms with Crippen molar-refractivity contribution >= 4 is 15.9 Å². The van der Waals surface area contributed by atoms with Crippen molar-refractivity contribution in [1.82, 2.24) is 9.62 Å². The van der Waals surface area contributed by atoms with Crippen LogP contribution in [0.4, 0.5) is 0 Å². The molecule has 1 aliphatic heterocycles. The Morgan fingerprint density at radius 1 is 1.30 bits per heavy atom. The SMILES string of the molecule is Cc1ccc(C(=O)N2CCC[C@H](CNS(=O)(=O)C(C)C)C2)cc1. The Morgan fingerprint density at radius 2 is 1.96 bits per heavy atom. The zero-order chi connectivity index (χ0) is 17.0. The van der Waals surface area contributed by atoms with E-state index in [1.807, 2.05) is 36.1 Å². The minimum atomic E-state index is -3.25. The van der Waals surface area contributed by atoms with Crippen molar-refractivity contribution < 1.29 is 13.2 Å². The molecule has 1 N–H and O–H groups in total. The van der Waals surface area contributed by atoms with Gasteiger partial charge >= 0.3 is 0 Å². The number of carbonyl (C=O) groups is 1. The smallest absolute Gasteiger partial charge is 0.253 e. The molecule has 1 fully saturated rings. The van der Waals surface area contributed by atoms with Crippen molar-refractivity contribution in [3.8, 4) is 0 Å². The summed E-state index contributed by atoms with van der Waals surface area (Å²) in [6.07, 6.45) is 1.85. The molecule has 0 aliphatic carbocycles. The molecular formula is C17H26N2O3S. The van der Waals surface area contributed by atoms with Crippen LogP contribution >= 0.6 is 0 Å². The van der Waals surface area contributed by atoms with E-state index < -0.39 is 15.3 Å². The minimum Gasteiger partial charge on any atom is -0.338 e. The van der Waals surface area contributed by atoms with Gasteiger partial charge in [-0.1, -0.05) is 17.7 Å². The Labute approximate surface area is 139 Å². The second kappa shape index (κ2) is 7.45. The van der Waals surface area contributed by atoms with E-state index in [1.54, 1.807) is 13.8 Å². The number of rotatable bonds is 5. The number of amides is 1. The molecule has 0 saturated carbocycles. The molecule has 1 aliphatic rings. The summed E-state index contributed by atoms with van der Waals surface area (Å²) in [7, 11) is -3.25. The highest BCUT2D eigenvalue weighted by atomic mass is 32.2. The highest BCUT2D eigenvalue weighted by molar-refractivity contribution is 7.90. The van der Waals surface area contributed by atoms with Crippen LogP contribution in [0, 0.1) is 12.8 Å². The monoisotopic (exact) mass is 338 g/mol. The van der Waals surface area contributed by atoms with Gasteiger partial charge in [-0.2, -0.15) is 0 Å². The second-order valence-corrected chi connectivity index (χ2v) is 8.89. The zero-order valence-corrected chi connectivity index (χ0v) is 14.9.